The number of aromatic nitrogens is 2. The van der Waals surface area contributed by atoms with Crippen LogP contribution in [-0.4, -0.2) is 22.6 Å². The van der Waals surface area contributed by atoms with Crippen molar-refractivity contribution in [3.8, 4) is 5.88 Å². The first-order valence-corrected chi connectivity index (χ1v) is 6.94. The van der Waals surface area contributed by atoms with Crippen LogP contribution in [-0.2, 0) is 6.42 Å². The Labute approximate surface area is 124 Å². The molecule has 0 unspecified atom stereocenters. The van der Waals surface area contributed by atoms with Crippen molar-refractivity contribution >= 4 is 5.84 Å². The summed E-state index contributed by atoms with van der Waals surface area (Å²) in [6, 6.07) is 10.2. The SMILES string of the molecule is Cc1nnc(OCCCc2ccccc2)c(C(=N)N)c1C. The molecule has 110 valence electrons. The number of ether oxygens (including phenoxy) is 1. The summed E-state index contributed by atoms with van der Waals surface area (Å²) in [5.74, 6) is 0.308. The molecule has 5 heteroatoms. The highest BCUT2D eigenvalue weighted by Crippen LogP contribution is 2.20. The Hall–Kier alpha value is -2.43. The maximum atomic E-state index is 7.66. The summed E-state index contributed by atoms with van der Waals surface area (Å²) in [6.45, 7) is 4.23. The smallest absolute Gasteiger partial charge is 0.244 e. The summed E-state index contributed by atoms with van der Waals surface area (Å²) in [5.41, 5.74) is 9.04. The van der Waals surface area contributed by atoms with Gasteiger partial charge in [-0.25, -0.2) is 0 Å². The van der Waals surface area contributed by atoms with Crippen molar-refractivity contribution in [1.82, 2.24) is 10.2 Å². The molecule has 0 radical (unpaired) electrons. The largest absolute Gasteiger partial charge is 0.476 e. The third-order valence-electron chi connectivity index (χ3n) is 3.38. The van der Waals surface area contributed by atoms with E-state index >= 15 is 0 Å². The van der Waals surface area contributed by atoms with Gasteiger partial charge in [0.1, 0.15) is 5.84 Å². The van der Waals surface area contributed by atoms with Gasteiger partial charge in [-0.15, -0.1) is 5.10 Å². The van der Waals surface area contributed by atoms with Crippen LogP contribution in [0.25, 0.3) is 0 Å². The molecule has 0 atom stereocenters. The molecule has 5 nitrogen and oxygen atoms in total. The van der Waals surface area contributed by atoms with Gasteiger partial charge in [-0.3, -0.25) is 5.41 Å². The monoisotopic (exact) mass is 284 g/mol. The third-order valence-corrected chi connectivity index (χ3v) is 3.38. The molecule has 0 bridgehead atoms. The lowest BCUT2D eigenvalue weighted by atomic mass is 10.1. The Bertz CT molecular complexity index is 626. The van der Waals surface area contributed by atoms with Gasteiger partial charge in [0.2, 0.25) is 5.88 Å². The van der Waals surface area contributed by atoms with Crippen LogP contribution >= 0.6 is 0 Å². The van der Waals surface area contributed by atoms with E-state index < -0.39 is 0 Å². The molecule has 0 saturated carbocycles. The minimum atomic E-state index is -0.0384. The number of nitrogen functional groups attached to an aromatic ring is 1. The van der Waals surface area contributed by atoms with Crippen molar-refractivity contribution in [3.05, 3.63) is 52.7 Å². The van der Waals surface area contributed by atoms with Crippen LogP contribution < -0.4 is 10.5 Å². The Morgan fingerprint density at radius 3 is 2.57 bits per heavy atom. The molecule has 0 aliphatic carbocycles. The summed E-state index contributed by atoms with van der Waals surface area (Å²) in [7, 11) is 0. The summed E-state index contributed by atoms with van der Waals surface area (Å²) in [6.07, 6.45) is 1.81. The molecular formula is C16H20N4O. The van der Waals surface area contributed by atoms with Gasteiger partial charge in [-0.2, -0.15) is 5.10 Å². The number of hydrogen-bond donors (Lipinski definition) is 2. The van der Waals surface area contributed by atoms with E-state index in [4.69, 9.17) is 15.9 Å². The van der Waals surface area contributed by atoms with Gasteiger partial charge in [-0.1, -0.05) is 30.3 Å². The lowest BCUT2D eigenvalue weighted by molar-refractivity contribution is 0.294. The minimum Gasteiger partial charge on any atom is -0.476 e. The zero-order valence-electron chi connectivity index (χ0n) is 12.4. The fourth-order valence-corrected chi connectivity index (χ4v) is 2.09. The van der Waals surface area contributed by atoms with E-state index in [-0.39, 0.29) is 5.84 Å². The number of rotatable bonds is 6. The van der Waals surface area contributed by atoms with E-state index in [9.17, 15) is 0 Å². The normalized spacial score (nSPS) is 10.4. The van der Waals surface area contributed by atoms with E-state index in [1.54, 1.807) is 0 Å². The number of nitrogens with two attached hydrogens (primary N) is 1. The second-order valence-electron chi connectivity index (χ2n) is 4.94. The van der Waals surface area contributed by atoms with Gasteiger partial charge in [0, 0.05) is 0 Å². The second-order valence-corrected chi connectivity index (χ2v) is 4.94. The van der Waals surface area contributed by atoms with E-state index in [0.29, 0.717) is 18.1 Å². The highest BCUT2D eigenvalue weighted by atomic mass is 16.5. The molecular weight excluding hydrogens is 264 g/mol. The first kappa shape index (κ1) is 15.0. The molecule has 2 aromatic rings. The van der Waals surface area contributed by atoms with Gasteiger partial charge in [0.25, 0.3) is 0 Å². The molecule has 21 heavy (non-hydrogen) atoms. The maximum Gasteiger partial charge on any atom is 0.244 e. The van der Waals surface area contributed by atoms with Crippen molar-refractivity contribution in [2.24, 2.45) is 5.73 Å². The number of benzene rings is 1. The molecule has 2 rings (SSSR count). The van der Waals surface area contributed by atoms with E-state index in [2.05, 4.69) is 22.3 Å². The number of hydrogen-bond acceptors (Lipinski definition) is 4. The van der Waals surface area contributed by atoms with E-state index in [1.807, 2.05) is 32.0 Å². The van der Waals surface area contributed by atoms with Crippen LogP contribution in [0.2, 0.25) is 0 Å². The van der Waals surface area contributed by atoms with Crippen molar-refractivity contribution in [1.29, 1.82) is 5.41 Å². The van der Waals surface area contributed by atoms with E-state index in [0.717, 1.165) is 24.1 Å². The molecule has 0 saturated heterocycles. The summed E-state index contributed by atoms with van der Waals surface area (Å²) >= 11 is 0. The van der Waals surface area contributed by atoms with Crippen LogP contribution in [0.1, 0.15) is 28.8 Å². The molecule has 1 aromatic heterocycles. The Balaban J connectivity index is 1.97. The predicted octanol–water partition coefficient (Wildman–Crippen LogP) is 2.39. The standard InChI is InChI=1S/C16H20N4O/c1-11-12(2)19-20-16(14(11)15(17)18)21-10-6-9-13-7-4-3-5-8-13/h3-5,7-8H,6,9-10H2,1-2H3,(H3,17,18). The van der Waals surface area contributed by atoms with Gasteiger partial charge in [0.05, 0.1) is 17.9 Å². The molecule has 1 heterocycles. The summed E-state index contributed by atoms with van der Waals surface area (Å²) in [4.78, 5) is 0. The molecule has 0 amide bonds. The first-order chi connectivity index (χ1) is 10.1. The van der Waals surface area contributed by atoms with Crippen molar-refractivity contribution in [2.75, 3.05) is 6.61 Å². The highest BCUT2D eigenvalue weighted by molar-refractivity contribution is 5.98. The van der Waals surface area contributed by atoms with Gasteiger partial charge in [0.15, 0.2) is 0 Å². The number of aryl methyl sites for hydroxylation is 2. The predicted molar refractivity (Wildman–Crippen MR) is 82.8 cm³/mol. The van der Waals surface area contributed by atoms with Crippen molar-refractivity contribution in [2.45, 2.75) is 26.7 Å². The Kier molecular flexibility index (Phi) is 4.87. The fraction of sp³-hybridized carbons (Fsp3) is 0.312. The molecule has 0 spiro atoms. The minimum absolute atomic E-state index is 0.0384. The van der Waals surface area contributed by atoms with Crippen LogP contribution in [0.15, 0.2) is 30.3 Å². The molecule has 3 N–H and O–H groups in total. The number of amidine groups is 1. The van der Waals surface area contributed by atoms with Crippen LogP contribution in [0, 0.1) is 19.3 Å². The van der Waals surface area contributed by atoms with Crippen LogP contribution in [0.4, 0.5) is 0 Å². The summed E-state index contributed by atoms with van der Waals surface area (Å²) in [5, 5.41) is 15.7. The molecule has 0 aliphatic heterocycles. The highest BCUT2D eigenvalue weighted by Gasteiger charge is 2.14. The summed E-state index contributed by atoms with van der Waals surface area (Å²) < 4.78 is 5.66. The third kappa shape index (κ3) is 3.78. The zero-order chi connectivity index (χ0) is 15.2. The zero-order valence-corrected chi connectivity index (χ0v) is 12.4. The number of nitrogens with one attached hydrogen (secondary N) is 1. The van der Waals surface area contributed by atoms with Crippen molar-refractivity contribution < 1.29 is 4.74 Å². The Morgan fingerprint density at radius 2 is 1.90 bits per heavy atom. The quantitative estimate of drug-likeness (QED) is 0.484. The first-order valence-electron chi connectivity index (χ1n) is 6.94. The lowest BCUT2D eigenvalue weighted by Gasteiger charge is -2.12. The molecule has 0 aliphatic rings. The van der Waals surface area contributed by atoms with Gasteiger partial charge < -0.3 is 10.5 Å². The lowest BCUT2D eigenvalue weighted by Crippen LogP contribution is -2.18. The fourth-order valence-electron chi connectivity index (χ4n) is 2.09. The average molecular weight is 284 g/mol. The van der Waals surface area contributed by atoms with Crippen LogP contribution in [0.3, 0.4) is 0 Å². The Morgan fingerprint density at radius 1 is 1.19 bits per heavy atom. The maximum absolute atomic E-state index is 7.66. The van der Waals surface area contributed by atoms with Gasteiger partial charge >= 0.3 is 0 Å². The molecule has 1 aromatic carbocycles. The number of nitrogens with zero attached hydrogens (tertiary/aromatic N) is 2. The molecule has 0 fully saturated rings. The van der Waals surface area contributed by atoms with E-state index in [1.165, 1.54) is 5.56 Å². The average Bonchev–Trinajstić information content (AvgIpc) is 2.48. The van der Waals surface area contributed by atoms with Crippen molar-refractivity contribution in [3.63, 3.8) is 0 Å². The van der Waals surface area contributed by atoms with Gasteiger partial charge in [-0.05, 0) is 37.8 Å². The van der Waals surface area contributed by atoms with Crippen LogP contribution in [0.5, 0.6) is 5.88 Å². The second kappa shape index (κ2) is 6.83. The topological polar surface area (TPSA) is 84.9 Å².